The summed E-state index contributed by atoms with van der Waals surface area (Å²) >= 11 is 0. The summed E-state index contributed by atoms with van der Waals surface area (Å²) in [5, 5.41) is 3.14. The van der Waals surface area contributed by atoms with Gasteiger partial charge in [-0.25, -0.2) is 8.42 Å². The first-order chi connectivity index (χ1) is 7.36. The quantitative estimate of drug-likeness (QED) is 0.635. The molecule has 1 N–H and O–H groups in total. The zero-order valence-electron chi connectivity index (χ0n) is 10.7. The number of hydrogen-bond donors (Lipinski definition) is 1. The fraction of sp³-hybridized carbons (Fsp3) is 1.00. The van der Waals surface area contributed by atoms with Gasteiger partial charge in [0, 0.05) is 26.0 Å². The van der Waals surface area contributed by atoms with Crippen molar-refractivity contribution in [2.45, 2.75) is 39.1 Å². The predicted octanol–water partition coefficient (Wildman–Crippen LogP) is 0.407. The van der Waals surface area contributed by atoms with Crippen LogP contribution in [0.1, 0.15) is 20.8 Å². The minimum atomic E-state index is -2.95. The lowest BCUT2D eigenvalue weighted by atomic mass is 10.2. The third-order valence-corrected chi connectivity index (χ3v) is 4.25. The lowest BCUT2D eigenvalue weighted by Crippen LogP contribution is -2.46. The van der Waals surface area contributed by atoms with Crippen molar-refractivity contribution in [3.8, 4) is 0 Å². The minimum absolute atomic E-state index is 0.0583. The van der Waals surface area contributed by atoms with E-state index in [0.29, 0.717) is 0 Å². The Hall–Kier alpha value is -0.170. The third-order valence-electron chi connectivity index (χ3n) is 2.36. The average molecular weight is 253 g/mol. The maximum absolute atomic E-state index is 11.4. The van der Waals surface area contributed by atoms with E-state index in [-0.39, 0.29) is 29.9 Å². The van der Waals surface area contributed by atoms with Crippen molar-refractivity contribution in [1.29, 1.82) is 0 Å². The van der Waals surface area contributed by atoms with E-state index >= 15 is 0 Å². The summed E-state index contributed by atoms with van der Waals surface area (Å²) < 4.78 is 33.0. The maximum atomic E-state index is 11.4. The Labute approximate surface area is 98.4 Å². The highest BCUT2D eigenvalue weighted by molar-refractivity contribution is 7.91. The Kier molecular flexibility index (Phi) is 7.14. The monoisotopic (exact) mass is 253 g/mol. The number of sulfone groups is 1. The van der Waals surface area contributed by atoms with Crippen LogP contribution in [0.5, 0.6) is 0 Å². The molecule has 0 aromatic carbocycles. The molecule has 98 valence electrons. The summed E-state index contributed by atoms with van der Waals surface area (Å²) in [6.45, 7) is 5.39. The van der Waals surface area contributed by atoms with Gasteiger partial charge in [0.25, 0.3) is 0 Å². The zero-order valence-corrected chi connectivity index (χ0v) is 11.5. The van der Waals surface area contributed by atoms with Crippen LogP contribution in [0.3, 0.4) is 0 Å². The predicted molar refractivity (Wildman–Crippen MR) is 64.2 cm³/mol. The topological polar surface area (TPSA) is 64.6 Å². The highest BCUT2D eigenvalue weighted by Crippen LogP contribution is 2.02. The SMILES string of the molecule is CCS(=O)(=O)CC(C)NC(C)C(OC)OC. The van der Waals surface area contributed by atoms with Crippen LogP contribution in [-0.2, 0) is 19.3 Å². The van der Waals surface area contributed by atoms with Crippen molar-refractivity contribution in [2.75, 3.05) is 25.7 Å². The van der Waals surface area contributed by atoms with E-state index in [9.17, 15) is 8.42 Å². The molecule has 0 spiro atoms. The second-order valence-electron chi connectivity index (χ2n) is 3.90. The van der Waals surface area contributed by atoms with Crippen molar-refractivity contribution in [2.24, 2.45) is 0 Å². The number of rotatable bonds is 8. The molecular weight excluding hydrogens is 230 g/mol. The van der Waals surface area contributed by atoms with E-state index < -0.39 is 9.84 Å². The molecule has 0 saturated carbocycles. The zero-order chi connectivity index (χ0) is 12.8. The first-order valence-electron chi connectivity index (χ1n) is 5.38. The average Bonchev–Trinajstić information content (AvgIpc) is 2.18. The van der Waals surface area contributed by atoms with Crippen LogP contribution in [0.2, 0.25) is 0 Å². The smallest absolute Gasteiger partial charge is 0.171 e. The van der Waals surface area contributed by atoms with Crippen LogP contribution in [0.25, 0.3) is 0 Å². The highest BCUT2D eigenvalue weighted by atomic mass is 32.2. The van der Waals surface area contributed by atoms with Gasteiger partial charge in [-0.3, -0.25) is 0 Å². The van der Waals surface area contributed by atoms with Gasteiger partial charge in [-0.05, 0) is 13.8 Å². The molecule has 0 bridgehead atoms. The second-order valence-corrected chi connectivity index (χ2v) is 6.29. The van der Waals surface area contributed by atoms with Crippen molar-refractivity contribution < 1.29 is 17.9 Å². The van der Waals surface area contributed by atoms with Gasteiger partial charge in [0.1, 0.15) is 0 Å². The lowest BCUT2D eigenvalue weighted by Gasteiger charge is -2.25. The van der Waals surface area contributed by atoms with Gasteiger partial charge < -0.3 is 14.8 Å². The van der Waals surface area contributed by atoms with Gasteiger partial charge in [-0.2, -0.15) is 0 Å². The molecule has 0 fully saturated rings. The van der Waals surface area contributed by atoms with E-state index in [0.717, 1.165) is 0 Å². The van der Waals surface area contributed by atoms with E-state index in [1.165, 1.54) is 0 Å². The molecule has 16 heavy (non-hydrogen) atoms. The summed E-state index contributed by atoms with van der Waals surface area (Å²) in [5.41, 5.74) is 0. The van der Waals surface area contributed by atoms with Crippen LogP contribution in [0.4, 0.5) is 0 Å². The standard InChI is InChI=1S/C10H23NO4S/c1-6-16(12,13)7-8(2)11-9(3)10(14-4)15-5/h8-11H,6-7H2,1-5H3. The largest absolute Gasteiger partial charge is 0.354 e. The lowest BCUT2D eigenvalue weighted by molar-refractivity contribution is -0.120. The van der Waals surface area contributed by atoms with Crippen molar-refractivity contribution in [1.82, 2.24) is 5.32 Å². The summed E-state index contributed by atoms with van der Waals surface area (Å²) in [5.74, 6) is 0.305. The van der Waals surface area contributed by atoms with Crippen LogP contribution in [-0.4, -0.2) is 52.5 Å². The van der Waals surface area contributed by atoms with Gasteiger partial charge in [-0.1, -0.05) is 6.92 Å². The molecular formula is C10H23NO4S. The van der Waals surface area contributed by atoms with Crippen molar-refractivity contribution >= 4 is 9.84 Å². The first-order valence-corrected chi connectivity index (χ1v) is 7.20. The molecule has 0 aromatic heterocycles. The Bertz CT molecular complexity index is 275. The molecule has 0 aliphatic carbocycles. The fourth-order valence-corrected chi connectivity index (χ4v) is 2.67. The molecule has 0 aliphatic heterocycles. The van der Waals surface area contributed by atoms with Crippen molar-refractivity contribution in [3.05, 3.63) is 0 Å². The number of ether oxygens (including phenoxy) is 2. The van der Waals surface area contributed by atoms with Gasteiger partial charge >= 0.3 is 0 Å². The molecule has 2 atom stereocenters. The number of nitrogens with one attached hydrogen (secondary N) is 1. The number of hydrogen-bond acceptors (Lipinski definition) is 5. The molecule has 0 rings (SSSR count). The van der Waals surface area contributed by atoms with Gasteiger partial charge in [-0.15, -0.1) is 0 Å². The minimum Gasteiger partial charge on any atom is -0.354 e. The van der Waals surface area contributed by atoms with Crippen LogP contribution < -0.4 is 5.32 Å². The number of methoxy groups -OCH3 is 2. The van der Waals surface area contributed by atoms with Crippen LogP contribution in [0, 0.1) is 0 Å². The molecule has 0 aromatic rings. The molecule has 6 heteroatoms. The van der Waals surface area contributed by atoms with Gasteiger partial charge in [0.15, 0.2) is 16.1 Å². The van der Waals surface area contributed by atoms with E-state index in [2.05, 4.69) is 5.32 Å². The Morgan fingerprint density at radius 1 is 1.19 bits per heavy atom. The Morgan fingerprint density at radius 3 is 2.06 bits per heavy atom. The molecule has 0 radical (unpaired) electrons. The van der Waals surface area contributed by atoms with Crippen molar-refractivity contribution in [3.63, 3.8) is 0 Å². The van der Waals surface area contributed by atoms with E-state index in [1.807, 2.05) is 13.8 Å². The summed E-state index contributed by atoms with van der Waals surface area (Å²) in [6, 6.07) is -0.176. The molecule has 2 unspecified atom stereocenters. The summed E-state index contributed by atoms with van der Waals surface area (Å²) in [7, 11) is 0.163. The highest BCUT2D eigenvalue weighted by Gasteiger charge is 2.20. The molecule has 5 nitrogen and oxygen atoms in total. The van der Waals surface area contributed by atoms with E-state index in [1.54, 1.807) is 21.1 Å². The van der Waals surface area contributed by atoms with Crippen LogP contribution in [0.15, 0.2) is 0 Å². The normalized spacial score (nSPS) is 16.4. The summed E-state index contributed by atoms with van der Waals surface area (Å²) in [4.78, 5) is 0. The molecule has 0 heterocycles. The first kappa shape index (κ1) is 15.8. The second kappa shape index (κ2) is 7.21. The maximum Gasteiger partial charge on any atom is 0.171 e. The molecule has 0 aliphatic rings. The Morgan fingerprint density at radius 2 is 1.69 bits per heavy atom. The van der Waals surface area contributed by atoms with Gasteiger partial charge in [0.2, 0.25) is 0 Å². The van der Waals surface area contributed by atoms with E-state index in [4.69, 9.17) is 9.47 Å². The van der Waals surface area contributed by atoms with Crippen LogP contribution >= 0.6 is 0 Å². The molecule has 0 saturated heterocycles. The van der Waals surface area contributed by atoms with Gasteiger partial charge in [0.05, 0.1) is 11.8 Å². The molecule has 0 amide bonds. The Balaban J connectivity index is 4.19. The third kappa shape index (κ3) is 5.79. The fourth-order valence-electron chi connectivity index (χ4n) is 1.58. The summed E-state index contributed by atoms with van der Waals surface area (Å²) in [6.07, 6.45) is -0.369.